The minimum absolute atomic E-state index is 0.659. The Morgan fingerprint density at radius 2 is 2.38 bits per heavy atom. The first-order valence-electron chi connectivity index (χ1n) is 6.14. The van der Waals surface area contributed by atoms with Crippen LogP contribution in [0.3, 0.4) is 0 Å². The average Bonchev–Trinajstić information content (AvgIpc) is 2.29. The van der Waals surface area contributed by atoms with Gasteiger partial charge >= 0.3 is 0 Å². The highest BCUT2D eigenvalue weighted by Gasteiger charge is 2.17. The maximum Gasteiger partial charge on any atom is 0.0313 e. The Bertz CT molecular complexity index is 338. The summed E-state index contributed by atoms with van der Waals surface area (Å²) in [6.45, 7) is 8.79. The Labute approximate surface area is 97.9 Å². The molecule has 16 heavy (non-hydrogen) atoms. The van der Waals surface area contributed by atoms with Crippen molar-refractivity contribution in [3.63, 3.8) is 0 Å². The van der Waals surface area contributed by atoms with Gasteiger partial charge in [0.15, 0.2) is 0 Å². The topological polar surface area (TPSA) is 28.2 Å². The number of nitrogens with zero attached hydrogens (tertiary/aromatic N) is 2. The summed E-state index contributed by atoms with van der Waals surface area (Å²) in [5.41, 5.74) is 2.58. The minimum atomic E-state index is 0.659. The van der Waals surface area contributed by atoms with E-state index < -0.39 is 0 Å². The van der Waals surface area contributed by atoms with Crippen molar-refractivity contribution in [2.24, 2.45) is 0 Å². The van der Waals surface area contributed by atoms with E-state index in [9.17, 15) is 0 Å². The summed E-state index contributed by atoms with van der Waals surface area (Å²) in [7, 11) is 0. The second-order valence-corrected chi connectivity index (χ2v) is 4.66. The number of aryl methyl sites for hydroxylation is 1. The van der Waals surface area contributed by atoms with Gasteiger partial charge in [-0.25, -0.2) is 0 Å². The van der Waals surface area contributed by atoms with Crippen molar-refractivity contribution in [3.8, 4) is 0 Å². The molecule has 1 aliphatic rings. The standard InChI is InChI=1S/C13H21N3/c1-3-13-10-16(5-4-15-13)9-12-6-11(2)7-14-8-12/h6-8,13,15H,3-5,9-10H2,1-2H3. The third-order valence-corrected chi connectivity index (χ3v) is 3.17. The Kier molecular flexibility index (Phi) is 3.91. The fraction of sp³-hybridized carbons (Fsp3) is 0.615. The van der Waals surface area contributed by atoms with Gasteiger partial charge in [0.1, 0.15) is 0 Å². The molecule has 3 nitrogen and oxygen atoms in total. The Hall–Kier alpha value is -0.930. The third kappa shape index (κ3) is 3.03. The molecule has 0 radical (unpaired) electrons. The van der Waals surface area contributed by atoms with Crippen LogP contribution in [0.5, 0.6) is 0 Å². The molecule has 1 aromatic rings. The smallest absolute Gasteiger partial charge is 0.0313 e. The molecule has 1 aliphatic heterocycles. The van der Waals surface area contributed by atoms with Crippen LogP contribution in [0.4, 0.5) is 0 Å². The second-order valence-electron chi connectivity index (χ2n) is 4.66. The van der Waals surface area contributed by atoms with Gasteiger partial charge in [0.05, 0.1) is 0 Å². The van der Waals surface area contributed by atoms with E-state index in [2.05, 4.69) is 35.1 Å². The first-order valence-corrected chi connectivity index (χ1v) is 6.14. The van der Waals surface area contributed by atoms with Crippen molar-refractivity contribution in [2.75, 3.05) is 19.6 Å². The predicted octanol–water partition coefficient (Wildman–Crippen LogP) is 1.57. The van der Waals surface area contributed by atoms with Crippen molar-refractivity contribution < 1.29 is 0 Å². The zero-order chi connectivity index (χ0) is 11.4. The van der Waals surface area contributed by atoms with Gasteiger partial charge in [-0.3, -0.25) is 9.88 Å². The maximum absolute atomic E-state index is 4.25. The molecule has 0 aliphatic carbocycles. The predicted molar refractivity (Wildman–Crippen MR) is 66.3 cm³/mol. The lowest BCUT2D eigenvalue weighted by molar-refractivity contribution is 0.189. The van der Waals surface area contributed by atoms with Crippen LogP contribution >= 0.6 is 0 Å². The van der Waals surface area contributed by atoms with Gasteiger partial charge in [-0.05, 0) is 24.5 Å². The van der Waals surface area contributed by atoms with Crippen LogP contribution in [0.1, 0.15) is 24.5 Å². The summed E-state index contributed by atoms with van der Waals surface area (Å²) in [5.74, 6) is 0. The third-order valence-electron chi connectivity index (χ3n) is 3.17. The van der Waals surface area contributed by atoms with Crippen LogP contribution < -0.4 is 5.32 Å². The molecular weight excluding hydrogens is 198 g/mol. The molecule has 1 N–H and O–H groups in total. The molecule has 1 saturated heterocycles. The van der Waals surface area contributed by atoms with Crippen molar-refractivity contribution in [3.05, 3.63) is 29.6 Å². The molecule has 2 heterocycles. The summed E-state index contributed by atoms with van der Waals surface area (Å²) in [4.78, 5) is 6.76. The van der Waals surface area contributed by atoms with Gasteiger partial charge in [0.2, 0.25) is 0 Å². The first kappa shape index (κ1) is 11.6. The summed E-state index contributed by atoms with van der Waals surface area (Å²) in [6, 6.07) is 2.89. The molecule has 0 amide bonds. The van der Waals surface area contributed by atoms with E-state index in [1.165, 1.54) is 17.5 Å². The molecule has 0 aromatic carbocycles. The number of rotatable bonds is 3. The van der Waals surface area contributed by atoms with Crippen LogP contribution in [0, 0.1) is 6.92 Å². The number of piperazine rings is 1. The quantitative estimate of drug-likeness (QED) is 0.836. The van der Waals surface area contributed by atoms with Crippen LogP contribution in [0.25, 0.3) is 0 Å². The van der Waals surface area contributed by atoms with E-state index in [0.717, 1.165) is 26.2 Å². The van der Waals surface area contributed by atoms with Gasteiger partial charge in [0.25, 0.3) is 0 Å². The Balaban J connectivity index is 1.94. The van der Waals surface area contributed by atoms with E-state index in [0.29, 0.717) is 6.04 Å². The highest BCUT2D eigenvalue weighted by molar-refractivity contribution is 5.16. The maximum atomic E-state index is 4.25. The molecule has 1 aromatic heterocycles. The molecular formula is C13H21N3. The van der Waals surface area contributed by atoms with E-state index in [-0.39, 0.29) is 0 Å². The Morgan fingerprint density at radius 3 is 3.12 bits per heavy atom. The number of nitrogens with one attached hydrogen (secondary N) is 1. The lowest BCUT2D eigenvalue weighted by Gasteiger charge is -2.33. The summed E-state index contributed by atoms with van der Waals surface area (Å²) in [6.07, 6.45) is 5.11. The average molecular weight is 219 g/mol. The lowest BCUT2D eigenvalue weighted by Crippen LogP contribution is -2.49. The first-order chi connectivity index (χ1) is 7.78. The van der Waals surface area contributed by atoms with E-state index in [1.807, 2.05) is 12.4 Å². The molecule has 3 heteroatoms. The van der Waals surface area contributed by atoms with Crippen molar-refractivity contribution in [2.45, 2.75) is 32.9 Å². The van der Waals surface area contributed by atoms with Crippen LogP contribution in [0.2, 0.25) is 0 Å². The van der Waals surface area contributed by atoms with E-state index >= 15 is 0 Å². The zero-order valence-electron chi connectivity index (χ0n) is 10.2. The normalized spacial score (nSPS) is 22.2. The highest BCUT2D eigenvalue weighted by atomic mass is 15.2. The van der Waals surface area contributed by atoms with Crippen LogP contribution in [-0.4, -0.2) is 35.6 Å². The van der Waals surface area contributed by atoms with Gasteiger partial charge in [-0.15, -0.1) is 0 Å². The molecule has 0 spiro atoms. The number of pyridine rings is 1. The molecule has 2 rings (SSSR count). The van der Waals surface area contributed by atoms with Gasteiger partial charge in [-0.1, -0.05) is 13.0 Å². The van der Waals surface area contributed by atoms with Crippen molar-refractivity contribution in [1.29, 1.82) is 0 Å². The fourth-order valence-electron chi connectivity index (χ4n) is 2.27. The number of hydrogen-bond acceptors (Lipinski definition) is 3. The van der Waals surface area contributed by atoms with E-state index in [4.69, 9.17) is 0 Å². The molecule has 0 bridgehead atoms. The van der Waals surface area contributed by atoms with Crippen molar-refractivity contribution in [1.82, 2.24) is 15.2 Å². The summed E-state index contributed by atoms with van der Waals surface area (Å²) >= 11 is 0. The Morgan fingerprint density at radius 1 is 1.50 bits per heavy atom. The number of aromatic nitrogens is 1. The minimum Gasteiger partial charge on any atom is -0.311 e. The van der Waals surface area contributed by atoms with Crippen LogP contribution in [0.15, 0.2) is 18.5 Å². The molecule has 1 atom stereocenters. The lowest BCUT2D eigenvalue weighted by atomic mass is 10.1. The van der Waals surface area contributed by atoms with Gasteiger partial charge in [-0.2, -0.15) is 0 Å². The van der Waals surface area contributed by atoms with E-state index in [1.54, 1.807) is 0 Å². The zero-order valence-corrected chi connectivity index (χ0v) is 10.2. The monoisotopic (exact) mass is 219 g/mol. The van der Waals surface area contributed by atoms with Crippen LogP contribution in [-0.2, 0) is 6.54 Å². The van der Waals surface area contributed by atoms with Gasteiger partial charge < -0.3 is 5.32 Å². The van der Waals surface area contributed by atoms with Gasteiger partial charge in [0, 0.05) is 44.6 Å². The summed E-state index contributed by atoms with van der Waals surface area (Å²) in [5, 5.41) is 3.54. The molecule has 1 unspecified atom stereocenters. The molecule has 0 saturated carbocycles. The fourth-order valence-corrected chi connectivity index (χ4v) is 2.27. The SMILES string of the molecule is CCC1CN(Cc2cncc(C)c2)CCN1. The number of hydrogen-bond donors (Lipinski definition) is 1. The second kappa shape index (κ2) is 5.41. The highest BCUT2D eigenvalue weighted by Crippen LogP contribution is 2.09. The summed E-state index contributed by atoms with van der Waals surface area (Å²) < 4.78 is 0. The molecule has 88 valence electrons. The largest absolute Gasteiger partial charge is 0.311 e. The van der Waals surface area contributed by atoms with Crippen molar-refractivity contribution >= 4 is 0 Å². The molecule has 1 fully saturated rings.